The molecule has 2 aromatic heterocycles. The fraction of sp³-hybridized carbons (Fsp3) is 0.409. The molecule has 0 radical (unpaired) electrons. The highest BCUT2D eigenvalue weighted by Crippen LogP contribution is 2.29. The van der Waals surface area contributed by atoms with Gasteiger partial charge in [0.2, 0.25) is 5.91 Å². The number of carbonyl (C=O) groups excluding carboxylic acids is 1. The molecule has 8 heteroatoms. The van der Waals surface area contributed by atoms with E-state index in [1.54, 1.807) is 11.3 Å². The molecule has 1 saturated heterocycles. The average Bonchev–Trinajstić information content (AvgIpc) is 3.51. The fourth-order valence-electron chi connectivity index (χ4n) is 3.69. The Kier molecular flexibility index (Phi) is 6.86. The Morgan fingerprint density at radius 1 is 1.30 bits per heavy atom. The molecule has 6 nitrogen and oxygen atoms in total. The predicted molar refractivity (Wildman–Crippen MR) is 122 cm³/mol. The quantitative estimate of drug-likeness (QED) is 0.476. The summed E-state index contributed by atoms with van der Waals surface area (Å²) in [5.41, 5.74) is 2.06. The SMILES string of the molecule is CCN(C(=O)CSc1nnc(-c2cccs2)n1CC1CCCO1)c1ccccc1C. The molecule has 0 spiro atoms. The lowest BCUT2D eigenvalue weighted by Crippen LogP contribution is -2.32. The Morgan fingerprint density at radius 3 is 2.87 bits per heavy atom. The molecular weight excluding hydrogens is 416 g/mol. The fourth-order valence-corrected chi connectivity index (χ4v) is 5.23. The number of hydrogen-bond donors (Lipinski definition) is 0. The van der Waals surface area contributed by atoms with Crippen LogP contribution >= 0.6 is 23.1 Å². The summed E-state index contributed by atoms with van der Waals surface area (Å²) in [5.74, 6) is 1.24. The highest BCUT2D eigenvalue weighted by Gasteiger charge is 2.23. The molecule has 30 heavy (non-hydrogen) atoms. The van der Waals surface area contributed by atoms with Gasteiger partial charge in [-0.2, -0.15) is 0 Å². The van der Waals surface area contributed by atoms with Crippen LogP contribution in [0.25, 0.3) is 10.7 Å². The third-order valence-corrected chi connectivity index (χ3v) is 7.03. The second-order valence-electron chi connectivity index (χ2n) is 7.24. The summed E-state index contributed by atoms with van der Waals surface area (Å²) in [6, 6.07) is 12.1. The van der Waals surface area contributed by atoms with Crippen LogP contribution in [0.15, 0.2) is 46.9 Å². The summed E-state index contributed by atoms with van der Waals surface area (Å²) in [6.45, 7) is 6.19. The van der Waals surface area contributed by atoms with Gasteiger partial charge >= 0.3 is 0 Å². The van der Waals surface area contributed by atoms with Gasteiger partial charge < -0.3 is 9.64 Å². The van der Waals surface area contributed by atoms with Crippen LogP contribution in [-0.2, 0) is 16.1 Å². The minimum absolute atomic E-state index is 0.0705. The molecule has 1 aliphatic rings. The van der Waals surface area contributed by atoms with E-state index in [1.165, 1.54) is 11.8 Å². The number of thiophene rings is 1. The molecule has 0 saturated carbocycles. The van der Waals surface area contributed by atoms with Crippen molar-refractivity contribution in [3.8, 4) is 10.7 Å². The Balaban J connectivity index is 1.52. The first-order valence-electron chi connectivity index (χ1n) is 10.2. The number of aromatic nitrogens is 3. The number of carbonyl (C=O) groups is 1. The number of hydrogen-bond acceptors (Lipinski definition) is 6. The van der Waals surface area contributed by atoms with E-state index in [9.17, 15) is 4.79 Å². The summed E-state index contributed by atoms with van der Waals surface area (Å²) in [6.07, 6.45) is 2.31. The van der Waals surface area contributed by atoms with E-state index in [0.717, 1.165) is 46.6 Å². The maximum atomic E-state index is 13.0. The van der Waals surface area contributed by atoms with Crippen molar-refractivity contribution in [2.75, 3.05) is 23.8 Å². The lowest BCUT2D eigenvalue weighted by Gasteiger charge is -2.22. The van der Waals surface area contributed by atoms with Gasteiger partial charge in [-0.1, -0.05) is 36.0 Å². The van der Waals surface area contributed by atoms with E-state index in [-0.39, 0.29) is 12.0 Å². The van der Waals surface area contributed by atoms with Crippen molar-refractivity contribution in [2.24, 2.45) is 0 Å². The zero-order valence-corrected chi connectivity index (χ0v) is 18.9. The number of aryl methyl sites for hydroxylation is 1. The van der Waals surface area contributed by atoms with Crippen molar-refractivity contribution >= 4 is 34.7 Å². The number of thioether (sulfide) groups is 1. The Bertz CT molecular complexity index is 981. The first kappa shape index (κ1) is 21.1. The molecule has 0 bridgehead atoms. The molecule has 158 valence electrons. The minimum Gasteiger partial charge on any atom is -0.376 e. The van der Waals surface area contributed by atoms with Crippen molar-refractivity contribution in [2.45, 2.75) is 44.5 Å². The highest BCUT2D eigenvalue weighted by atomic mass is 32.2. The summed E-state index contributed by atoms with van der Waals surface area (Å²) < 4.78 is 7.96. The van der Waals surface area contributed by atoms with Gasteiger partial charge in [-0.05, 0) is 49.8 Å². The van der Waals surface area contributed by atoms with Gasteiger partial charge in [-0.25, -0.2) is 0 Å². The average molecular weight is 443 g/mol. The number of para-hydroxylation sites is 1. The lowest BCUT2D eigenvalue weighted by molar-refractivity contribution is -0.116. The Hall–Kier alpha value is -2.16. The van der Waals surface area contributed by atoms with E-state index in [0.29, 0.717) is 18.8 Å². The van der Waals surface area contributed by atoms with E-state index >= 15 is 0 Å². The Morgan fingerprint density at radius 2 is 2.17 bits per heavy atom. The molecule has 3 aromatic rings. The van der Waals surface area contributed by atoms with Gasteiger partial charge in [0.05, 0.1) is 23.3 Å². The third-order valence-electron chi connectivity index (χ3n) is 5.22. The lowest BCUT2D eigenvalue weighted by atomic mass is 10.2. The molecule has 1 amide bonds. The van der Waals surface area contributed by atoms with Crippen molar-refractivity contribution in [3.63, 3.8) is 0 Å². The predicted octanol–water partition coefficient (Wildman–Crippen LogP) is 4.64. The normalized spacial score (nSPS) is 16.1. The number of anilines is 1. The van der Waals surface area contributed by atoms with Gasteiger partial charge in [0.25, 0.3) is 0 Å². The van der Waals surface area contributed by atoms with Gasteiger partial charge in [-0.15, -0.1) is 21.5 Å². The largest absolute Gasteiger partial charge is 0.376 e. The zero-order valence-electron chi connectivity index (χ0n) is 17.3. The minimum atomic E-state index is 0.0705. The maximum Gasteiger partial charge on any atom is 0.237 e. The maximum absolute atomic E-state index is 13.0. The number of benzene rings is 1. The van der Waals surface area contributed by atoms with Crippen molar-refractivity contribution in [1.29, 1.82) is 0 Å². The second kappa shape index (κ2) is 9.76. The van der Waals surface area contributed by atoms with Crippen molar-refractivity contribution < 1.29 is 9.53 Å². The van der Waals surface area contributed by atoms with Gasteiger partial charge in [0, 0.05) is 18.8 Å². The van der Waals surface area contributed by atoms with Crippen LogP contribution in [0.2, 0.25) is 0 Å². The standard InChI is InChI=1S/C22H26N4O2S2/c1-3-25(18-10-5-4-8-16(18)2)20(27)15-30-22-24-23-21(19-11-7-13-29-19)26(22)14-17-9-6-12-28-17/h4-5,7-8,10-11,13,17H,3,6,9,12,14-15H2,1-2H3. The number of ether oxygens (including phenoxy) is 1. The van der Waals surface area contributed by atoms with Crippen molar-refractivity contribution in [1.82, 2.24) is 14.8 Å². The first-order valence-corrected chi connectivity index (χ1v) is 12.1. The summed E-state index contributed by atoms with van der Waals surface area (Å²) in [5, 5.41) is 11.7. The first-order chi connectivity index (χ1) is 14.7. The molecule has 0 N–H and O–H groups in total. The van der Waals surface area contributed by atoms with E-state index in [4.69, 9.17) is 4.74 Å². The third kappa shape index (κ3) is 4.61. The monoisotopic (exact) mass is 442 g/mol. The molecule has 0 aliphatic carbocycles. The molecule has 4 rings (SSSR count). The topological polar surface area (TPSA) is 60.2 Å². The van der Waals surface area contributed by atoms with Crippen LogP contribution in [0, 0.1) is 6.92 Å². The van der Waals surface area contributed by atoms with E-state index in [2.05, 4.69) is 20.8 Å². The van der Waals surface area contributed by atoms with Crippen LogP contribution < -0.4 is 4.90 Å². The van der Waals surface area contributed by atoms with Gasteiger partial charge in [0.1, 0.15) is 0 Å². The van der Waals surface area contributed by atoms with Crippen LogP contribution in [0.1, 0.15) is 25.3 Å². The molecule has 3 heterocycles. The van der Waals surface area contributed by atoms with E-state index in [1.807, 2.05) is 54.5 Å². The van der Waals surface area contributed by atoms with Crippen LogP contribution in [-0.4, -0.2) is 45.7 Å². The number of nitrogens with zero attached hydrogens (tertiary/aromatic N) is 4. The van der Waals surface area contributed by atoms with Gasteiger partial charge in [0.15, 0.2) is 11.0 Å². The highest BCUT2D eigenvalue weighted by molar-refractivity contribution is 7.99. The Labute approximate surface area is 185 Å². The zero-order chi connectivity index (χ0) is 20.9. The van der Waals surface area contributed by atoms with E-state index < -0.39 is 0 Å². The van der Waals surface area contributed by atoms with Crippen LogP contribution in [0.4, 0.5) is 5.69 Å². The molecule has 1 fully saturated rings. The summed E-state index contributed by atoms with van der Waals surface area (Å²) in [7, 11) is 0. The molecule has 1 aliphatic heterocycles. The second-order valence-corrected chi connectivity index (χ2v) is 9.13. The van der Waals surface area contributed by atoms with Crippen LogP contribution in [0.5, 0.6) is 0 Å². The molecule has 1 aromatic carbocycles. The number of rotatable bonds is 8. The molecule has 1 unspecified atom stereocenters. The number of amides is 1. The smallest absolute Gasteiger partial charge is 0.237 e. The molecule has 1 atom stereocenters. The van der Waals surface area contributed by atoms with Crippen molar-refractivity contribution in [3.05, 3.63) is 47.3 Å². The summed E-state index contributed by atoms with van der Waals surface area (Å²) >= 11 is 3.09. The summed E-state index contributed by atoms with van der Waals surface area (Å²) in [4.78, 5) is 15.9. The van der Waals surface area contributed by atoms with Gasteiger partial charge in [-0.3, -0.25) is 9.36 Å². The molecular formula is C22H26N4O2S2. The van der Waals surface area contributed by atoms with Crippen LogP contribution in [0.3, 0.4) is 0 Å².